The molecule has 6 heteroatoms. The van der Waals surface area contributed by atoms with E-state index in [9.17, 15) is 10.0 Å². The molecule has 0 bridgehead atoms. The third kappa shape index (κ3) is 3.09. The highest BCUT2D eigenvalue weighted by Gasteiger charge is 2.37. The Bertz CT molecular complexity index is 461. The average Bonchev–Trinajstić information content (AvgIpc) is 2.26. The fourth-order valence-corrected chi connectivity index (χ4v) is 1.79. The van der Waals surface area contributed by atoms with E-state index in [4.69, 9.17) is 34.8 Å². The summed E-state index contributed by atoms with van der Waals surface area (Å²) < 4.78 is 0. The van der Waals surface area contributed by atoms with Gasteiger partial charge in [0.25, 0.3) is 5.91 Å². The van der Waals surface area contributed by atoms with Crippen molar-refractivity contribution in [2.75, 3.05) is 5.06 Å². The summed E-state index contributed by atoms with van der Waals surface area (Å²) in [5.74, 6) is -0.533. The molecule has 0 aliphatic rings. The van der Waals surface area contributed by atoms with Crippen molar-refractivity contribution in [3.8, 4) is 0 Å². The zero-order valence-corrected chi connectivity index (χ0v) is 12.5. The van der Waals surface area contributed by atoms with Crippen molar-refractivity contribution in [3.05, 3.63) is 28.2 Å². The van der Waals surface area contributed by atoms with Gasteiger partial charge in [-0.25, -0.2) is 0 Å². The Morgan fingerprint density at radius 2 is 1.94 bits per heavy atom. The molecule has 1 aromatic rings. The van der Waals surface area contributed by atoms with Crippen LogP contribution in [0.2, 0.25) is 10.0 Å². The highest BCUT2D eigenvalue weighted by molar-refractivity contribution is 6.36. The molecule has 0 aliphatic heterocycles. The van der Waals surface area contributed by atoms with Gasteiger partial charge in [0.15, 0.2) is 0 Å². The molecular formula is C12H14Cl3NO2. The number of halogens is 3. The first kappa shape index (κ1) is 15.6. The molecule has 0 radical (unpaired) electrons. The van der Waals surface area contributed by atoms with Gasteiger partial charge in [0, 0.05) is 10.4 Å². The number of carbonyl (C=O) groups excluding carboxylic acids is 1. The summed E-state index contributed by atoms with van der Waals surface area (Å²) >= 11 is 17.6. The lowest BCUT2D eigenvalue weighted by molar-refractivity contribution is -0.131. The number of rotatable bonds is 3. The number of amides is 1. The molecule has 100 valence electrons. The summed E-state index contributed by atoms with van der Waals surface area (Å²) in [5.41, 5.74) is -0.740. The summed E-state index contributed by atoms with van der Waals surface area (Å²) in [5, 5.41) is 10.6. The van der Waals surface area contributed by atoms with E-state index in [1.54, 1.807) is 20.8 Å². The average molecular weight is 311 g/mol. The molecule has 0 aromatic heterocycles. The van der Waals surface area contributed by atoms with Gasteiger partial charge in [-0.2, -0.15) is 5.06 Å². The van der Waals surface area contributed by atoms with Crippen LogP contribution in [0.25, 0.3) is 0 Å². The summed E-state index contributed by atoms with van der Waals surface area (Å²) in [6.45, 7) is 5.00. The second-order valence-electron chi connectivity index (χ2n) is 4.55. The van der Waals surface area contributed by atoms with Crippen molar-refractivity contribution in [1.29, 1.82) is 0 Å². The van der Waals surface area contributed by atoms with E-state index < -0.39 is 16.7 Å². The van der Waals surface area contributed by atoms with Gasteiger partial charge in [-0.1, -0.05) is 23.2 Å². The molecule has 18 heavy (non-hydrogen) atoms. The van der Waals surface area contributed by atoms with Gasteiger partial charge < -0.3 is 0 Å². The van der Waals surface area contributed by atoms with Crippen LogP contribution >= 0.6 is 34.8 Å². The number of carbonyl (C=O) groups is 1. The van der Waals surface area contributed by atoms with Gasteiger partial charge in [-0.05, 0) is 39.0 Å². The third-order valence-electron chi connectivity index (χ3n) is 2.88. The predicted octanol–water partition coefficient (Wildman–Crippen LogP) is 4.37. The first-order valence-corrected chi connectivity index (χ1v) is 6.49. The molecule has 0 fully saturated rings. The first-order chi connectivity index (χ1) is 8.17. The summed E-state index contributed by atoms with van der Waals surface area (Å²) in [7, 11) is 0. The highest BCUT2D eigenvalue weighted by atomic mass is 35.5. The van der Waals surface area contributed by atoms with E-state index in [0.29, 0.717) is 10.1 Å². The third-order valence-corrected chi connectivity index (χ3v) is 3.96. The minimum Gasteiger partial charge on any atom is -0.281 e. The van der Waals surface area contributed by atoms with Crippen LogP contribution < -0.4 is 5.06 Å². The molecule has 0 aliphatic carbocycles. The molecule has 3 nitrogen and oxygen atoms in total. The van der Waals surface area contributed by atoms with Gasteiger partial charge >= 0.3 is 0 Å². The number of hydrogen-bond acceptors (Lipinski definition) is 2. The Morgan fingerprint density at radius 1 is 1.39 bits per heavy atom. The smallest absolute Gasteiger partial charge is 0.257 e. The highest BCUT2D eigenvalue weighted by Crippen LogP contribution is 2.33. The van der Waals surface area contributed by atoms with Gasteiger partial charge in [0.2, 0.25) is 0 Å². The zero-order chi connectivity index (χ0) is 14.1. The van der Waals surface area contributed by atoms with Crippen molar-refractivity contribution < 1.29 is 10.0 Å². The fourth-order valence-electron chi connectivity index (χ4n) is 1.21. The molecule has 1 N–H and O–H groups in total. The van der Waals surface area contributed by atoms with E-state index in [1.165, 1.54) is 18.2 Å². The standard InChI is InChI=1S/C12H14Cl3NO2/c1-7(13)12(2,3)11(17)16(18)10-5-4-8(14)6-9(10)15/h4-7,18H,1-3H3. The first-order valence-electron chi connectivity index (χ1n) is 5.30. The maximum Gasteiger partial charge on any atom is 0.257 e. The Morgan fingerprint density at radius 3 is 2.39 bits per heavy atom. The molecule has 1 unspecified atom stereocenters. The minimum absolute atomic E-state index is 0.177. The lowest BCUT2D eigenvalue weighted by Crippen LogP contribution is -2.43. The van der Waals surface area contributed by atoms with Gasteiger partial charge in [0.05, 0.1) is 16.1 Å². The van der Waals surface area contributed by atoms with Gasteiger partial charge in [-0.3, -0.25) is 10.0 Å². The number of nitrogens with zero attached hydrogens (tertiary/aromatic N) is 1. The summed E-state index contributed by atoms with van der Waals surface area (Å²) in [6.07, 6.45) is 0. The molecule has 0 spiro atoms. The molecule has 1 atom stereocenters. The van der Waals surface area contributed by atoms with Crippen LogP contribution in [0.5, 0.6) is 0 Å². The Kier molecular flexibility index (Phi) is 4.90. The van der Waals surface area contributed by atoms with Crippen molar-refractivity contribution in [2.24, 2.45) is 5.41 Å². The zero-order valence-electron chi connectivity index (χ0n) is 10.2. The SMILES string of the molecule is CC(Cl)C(C)(C)C(=O)N(O)c1ccc(Cl)cc1Cl. The Hall–Kier alpha value is -0.480. The maximum absolute atomic E-state index is 12.1. The lowest BCUT2D eigenvalue weighted by Gasteiger charge is -2.30. The van der Waals surface area contributed by atoms with E-state index >= 15 is 0 Å². The second-order valence-corrected chi connectivity index (χ2v) is 6.05. The van der Waals surface area contributed by atoms with E-state index in [1.807, 2.05) is 0 Å². The number of alkyl halides is 1. The summed E-state index contributed by atoms with van der Waals surface area (Å²) in [6, 6.07) is 4.46. The molecule has 1 rings (SSSR count). The van der Waals surface area contributed by atoms with E-state index in [2.05, 4.69) is 0 Å². The number of benzene rings is 1. The van der Waals surface area contributed by atoms with Crippen LogP contribution in [0.3, 0.4) is 0 Å². The lowest BCUT2D eigenvalue weighted by atomic mass is 9.88. The molecule has 0 saturated carbocycles. The molecule has 0 saturated heterocycles. The number of hydrogen-bond donors (Lipinski definition) is 1. The molecular weight excluding hydrogens is 296 g/mol. The number of anilines is 1. The summed E-state index contributed by atoms with van der Waals surface area (Å²) in [4.78, 5) is 12.1. The van der Waals surface area contributed by atoms with Crippen molar-refractivity contribution in [1.82, 2.24) is 0 Å². The van der Waals surface area contributed by atoms with Crippen LogP contribution in [-0.2, 0) is 4.79 Å². The van der Waals surface area contributed by atoms with E-state index in [-0.39, 0.29) is 10.7 Å². The number of hydroxylamine groups is 1. The maximum atomic E-state index is 12.1. The molecule has 1 amide bonds. The monoisotopic (exact) mass is 309 g/mol. The van der Waals surface area contributed by atoms with Crippen molar-refractivity contribution in [3.63, 3.8) is 0 Å². The van der Waals surface area contributed by atoms with Crippen molar-refractivity contribution >= 4 is 46.4 Å². The van der Waals surface area contributed by atoms with Gasteiger partial charge in [-0.15, -0.1) is 11.6 Å². The van der Waals surface area contributed by atoms with Crippen LogP contribution in [0.4, 0.5) is 5.69 Å². The topological polar surface area (TPSA) is 40.5 Å². The van der Waals surface area contributed by atoms with E-state index in [0.717, 1.165) is 0 Å². The van der Waals surface area contributed by atoms with Gasteiger partial charge in [0.1, 0.15) is 0 Å². The van der Waals surface area contributed by atoms with Crippen LogP contribution in [-0.4, -0.2) is 16.5 Å². The largest absolute Gasteiger partial charge is 0.281 e. The molecule has 1 aromatic carbocycles. The van der Waals surface area contributed by atoms with Crippen LogP contribution in [0.15, 0.2) is 18.2 Å². The van der Waals surface area contributed by atoms with Crippen LogP contribution in [0, 0.1) is 5.41 Å². The molecule has 0 heterocycles. The second kappa shape index (κ2) is 5.66. The quantitative estimate of drug-likeness (QED) is 0.511. The fraction of sp³-hybridized carbons (Fsp3) is 0.417. The predicted molar refractivity (Wildman–Crippen MR) is 74.8 cm³/mol. The Balaban J connectivity index is 3.07. The Labute approximate surface area is 121 Å². The van der Waals surface area contributed by atoms with Crippen molar-refractivity contribution in [2.45, 2.75) is 26.1 Å². The minimum atomic E-state index is -0.917. The normalized spacial score (nSPS) is 13.3. The van der Waals surface area contributed by atoms with Crippen LogP contribution in [0.1, 0.15) is 20.8 Å².